The average Bonchev–Trinajstić information content (AvgIpc) is 2.83. The van der Waals surface area contributed by atoms with E-state index in [2.05, 4.69) is 10.2 Å². The van der Waals surface area contributed by atoms with Gasteiger partial charge in [-0.3, -0.25) is 0 Å². The van der Waals surface area contributed by atoms with Crippen LogP contribution in [0.15, 0.2) is 24.3 Å². The highest BCUT2D eigenvalue weighted by atomic mass is 16.3. The van der Waals surface area contributed by atoms with Crippen LogP contribution in [0.2, 0.25) is 0 Å². The van der Waals surface area contributed by atoms with Crippen molar-refractivity contribution in [2.24, 2.45) is 0 Å². The highest BCUT2D eigenvalue weighted by Crippen LogP contribution is 2.28. The van der Waals surface area contributed by atoms with E-state index >= 15 is 0 Å². The van der Waals surface area contributed by atoms with Gasteiger partial charge < -0.3 is 25.5 Å². The van der Waals surface area contributed by atoms with E-state index < -0.39 is 6.10 Å². The van der Waals surface area contributed by atoms with E-state index in [-0.39, 0.29) is 12.7 Å². The molecule has 5 nitrogen and oxygen atoms in total. The van der Waals surface area contributed by atoms with Crippen molar-refractivity contribution in [1.82, 2.24) is 0 Å². The average molecular weight is 252 g/mol. The number of hydrogen-bond donors (Lipinski definition) is 4. The molecule has 0 aromatic heterocycles. The first kappa shape index (κ1) is 13.1. The highest BCUT2D eigenvalue weighted by molar-refractivity contribution is 5.70. The summed E-state index contributed by atoms with van der Waals surface area (Å²) in [4.78, 5) is 2.12. The molecule has 1 heterocycles. The summed E-state index contributed by atoms with van der Waals surface area (Å²) < 4.78 is 0. The molecule has 0 bridgehead atoms. The van der Waals surface area contributed by atoms with Crippen LogP contribution < -0.4 is 10.2 Å². The van der Waals surface area contributed by atoms with Crippen LogP contribution in [0.25, 0.3) is 0 Å². The van der Waals surface area contributed by atoms with Crippen molar-refractivity contribution in [3.8, 4) is 0 Å². The number of β-amino-alcohol motifs (C(OH)–C–C–N with tert-alkyl or cyclic N) is 1. The molecule has 18 heavy (non-hydrogen) atoms. The largest absolute Gasteiger partial charge is 0.394 e. The zero-order valence-electron chi connectivity index (χ0n) is 10.3. The standard InChI is InChI=1S/C13H20N2O3/c16-9-11(18)7-14-12-3-1-2-4-13(12)15-6-5-10(17)8-15/h1-4,10-11,14,16-18H,5-9H2. The van der Waals surface area contributed by atoms with E-state index in [1.54, 1.807) is 0 Å². The molecule has 2 unspecified atom stereocenters. The van der Waals surface area contributed by atoms with Gasteiger partial charge in [0.1, 0.15) is 0 Å². The number of anilines is 2. The van der Waals surface area contributed by atoms with Gasteiger partial charge in [0.2, 0.25) is 0 Å². The van der Waals surface area contributed by atoms with E-state index in [0.717, 1.165) is 24.3 Å². The second-order valence-corrected chi connectivity index (χ2v) is 4.62. The molecule has 2 atom stereocenters. The molecule has 1 aromatic carbocycles. The quantitative estimate of drug-likeness (QED) is 0.594. The molecule has 1 aliphatic heterocycles. The Morgan fingerprint density at radius 1 is 1.39 bits per heavy atom. The molecule has 1 saturated heterocycles. The molecular formula is C13H20N2O3. The van der Waals surface area contributed by atoms with Crippen LogP contribution in [0.3, 0.4) is 0 Å². The molecule has 0 saturated carbocycles. The van der Waals surface area contributed by atoms with Crippen molar-refractivity contribution in [2.75, 3.05) is 36.5 Å². The van der Waals surface area contributed by atoms with Gasteiger partial charge in [0.25, 0.3) is 0 Å². The van der Waals surface area contributed by atoms with Crippen LogP contribution in [0.1, 0.15) is 6.42 Å². The zero-order chi connectivity index (χ0) is 13.0. The fraction of sp³-hybridized carbons (Fsp3) is 0.538. The summed E-state index contributed by atoms with van der Waals surface area (Å²) in [5.41, 5.74) is 1.94. The molecule has 0 radical (unpaired) electrons. The topological polar surface area (TPSA) is 76.0 Å². The Kier molecular flexibility index (Phi) is 4.41. The molecule has 100 valence electrons. The molecule has 2 rings (SSSR count). The summed E-state index contributed by atoms with van der Waals surface area (Å²) in [5, 5.41) is 30.8. The Bertz CT molecular complexity index is 386. The lowest BCUT2D eigenvalue weighted by Gasteiger charge is -2.22. The number of aliphatic hydroxyl groups excluding tert-OH is 3. The molecule has 4 N–H and O–H groups in total. The first-order valence-electron chi connectivity index (χ1n) is 6.25. The summed E-state index contributed by atoms with van der Waals surface area (Å²) in [6.07, 6.45) is -0.239. The van der Waals surface area contributed by atoms with Crippen molar-refractivity contribution in [2.45, 2.75) is 18.6 Å². The lowest BCUT2D eigenvalue weighted by molar-refractivity contribution is 0.105. The molecule has 1 fully saturated rings. The number of nitrogens with one attached hydrogen (secondary N) is 1. The first-order valence-corrected chi connectivity index (χ1v) is 6.25. The first-order chi connectivity index (χ1) is 8.70. The molecular weight excluding hydrogens is 232 g/mol. The van der Waals surface area contributed by atoms with Crippen LogP contribution in [0, 0.1) is 0 Å². The van der Waals surface area contributed by atoms with Crippen LogP contribution in [0.4, 0.5) is 11.4 Å². The fourth-order valence-electron chi connectivity index (χ4n) is 2.15. The van der Waals surface area contributed by atoms with Crippen LogP contribution in [0.5, 0.6) is 0 Å². The Labute approximate surface area is 107 Å². The highest BCUT2D eigenvalue weighted by Gasteiger charge is 2.22. The monoisotopic (exact) mass is 252 g/mol. The molecule has 1 aromatic rings. The molecule has 5 heteroatoms. The van der Waals surface area contributed by atoms with Crippen molar-refractivity contribution in [3.63, 3.8) is 0 Å². The van der Waals surface area contributed by atoms with E-state index in [9.17, 15) is 10.2 Å². The SMILES string of the molecule is OCC(O)CNc1ccccc1N1CCC(O)C1. The number of rotatable bonds is 5. The Morgan fingerprint density at radius 3 is 2.83 bits per heavy atom. The van der Waals surface area contributed by atoms with Gasteiger partial charge in [-0.1, -0.05) is 12.1 Å². The smallest absolute Gasteiger partial charge is 0.0942 e. The molecule has 0 spiro atoms. The van der Waals surface area contributed by atoms with Crippen molar-refractivity contribution in [3.05, 3.63) is 24.3 Å². The number of aliphatic hydroxyl groups is 3. The fourth-order valence-corrected chi connectivity index (χ4v) is 2.15. The van der Waals surface area contributed by atoms with E-state index in [1.165, 1.54) is 0 Å². The Morgan fingerprint density at radius 2 is 2.17 bits per heavy atom. The maximum absolute atomic E-state index is 9.57. The maximum Gasteiger partial charge on any atom is 0.0942 e. The van der Waals surface area contributed by atoms with Crippen LogP contribution in [-0.2, 0) is 0 Å². The van der Waals surface area contributed by atoms with E-state index in [1.807, 2.05) is 24.3 Å². The zero-order valence-corrected chi connectivity index (χ0v) is 10.3. The summed E-state index contributed by atoms with van der Waals surface area (Å²) in [5.74, 6) is 0. The van der Waals surface area contributed by atoms with Gasteiger partial charge in [0, 0.05) is 19.6 Å². The third-order valence-corrected chi connectivity index (χ3v) is 3.15. The molecule has 0 amide bonds. The predicted molar refractivity (Wildman–Crippen MR) is 70.9 cm³/mol. The second kappa shape index (κ2) is 6.04. The van der Waals surface area contributed by atoms with Gasteiger partial charge in [-0.15, -0.1) is 0 Å². The number of benzene rings is 1. The summed E-state index contributed by atoms with van der Waals surface area (Å²) in [7, 11) is 0. The van der Waals surface area contributed by atoms with Gasteiger partial charge in [0.05, 0.1) is 30.2 Å². The van der Waals surface area contributed by atoms with Crippen molar-refractivity contribution in [1.29, 1.82) is 0 Å². The minimum absolute atomic E-state index is 0.252. The van der Waals surface area contributed by atoms with E-state index in [0.29, 0.717) is 13.1 Å². The van der Waals surface area contributed by atoms with Crippen LogP contribution in [-0.4, -0.2) is 53.8 Å². The minimum atomic E-state index is -0.762. The molecule has 1 aliphatic rings. The number of para-hydroxylation sites is 2. The van der Waals surface area contributed by atoms with Gasteiger partial charge in [-0.05, 0) is 18.6 Å². The van der Waals surface area contributed by atoms with Crippen molar-refractivity contribution < 1.29 is 15.3 Å². The van der Waals surface area contributed by atoms with Gasteiger partial charge in [0.15, 0.2) is 0 Å². The lowest BCUT2D eigenvalue weighted by Crippen LogP contribution is -2.26. The van der Waals surface area contributed by atoms with Crippen LogP contribution >= 0.6 is 0 Å². The van der Waals surface area contributed by atoms with Gasteiger partial charge >= 0.3 is 0 Å². The lowest BCUT2D eigenvalue weighted by atomic mass is 10.2. The normalized spacial score (nSPS) is 21.1. The van der Waals surface area contributed by atoms with Gasteiger partial charge in [-0.2, -0.15) is 0 Å². The molecule has 0 aliphatic carbocycles. The predicted octanol–water partition coefficient (Wildman–Crippen LogP) is 0.0227. The Hall–Kier alpha value is -1.30. The number of nitrogens with zero attached hydrogens (tertiary/aromatic N) is 1. The third kappa shape index (κ3) is 3.13. The maximum atomic E-state index is 9.57. The second-order valence-electron chi connectivity index (χ2n) is 4.62. The Balaban J connectivity index is 2.05. The van der Waals surface area contributed by atoms with Gasteiger partial charge in [-0.25, -0.2) is 0 Å². The third-order valence-electron chi connectivity index (χ3n) is 3.15. The van der Waals surface area contributed by atoms with Crippen molar-refractivity contribution >= 4 is 11.4 Å². The summed E-state index contributed by atoms with van der Waals surface area (Å²) in [6, 6.07) is 7.80. The summed E-state index contributed by atoms with van der Waals surface area (Å²) in [6.45, 7) is 1.53. The van der Waals surface area contributed by atoms with E-state index in [4.69, 9.17) is 5.11 Å². The number of hydrogen-bond acceptors (Lipinski definition) is 5. The summed E-state index contributed by atoms with van der Waals surface area (Å²) >= 11 is 0. The minimum Gasteiger partial charge on any atom is -0.394 e.